The third-order valence-corrected chi connectivity index (χ3v) is 3.75. The monoisotopic (exact) mass is 325 g/mol. The van der Waals surface area contributed by atoms with Gasteiger partial charge in [0, 0.05) is 13.5 Å². The normalized spacial score (nSPS) is 10.7. The van der Waals surface area contributed by atoms with E-state index in [0.717, 1.165) is 11.4 Å². The lowest BCUT2D eigenvalue weighted by atomic mass is 10.1. The summed E-state index contributed by atoms with van der Waals surface area (Å²) in [5.74, 6) is 0.664. The van der Waals surface area contributed by atoms with Crippen LogP contribution in [0.5, 0.6) is 0 Å². The lowest BCUT2D eigenvalue weighted by molar-refractivity contribution is 0.102. The van der Waals surface area contributed by atoms with E-state index >= 15 is 0 Å². The second-order valence-corrected chi connectivity index (χ2v) is 6.30. The molecule has 0 spiro atoms. The smallest absolute Gasteiger partial charge is 0.277 e. The largest absolute Gasteiger partial charge is 0.373 e. The van der Waals surface area contributed by atoms with Gasteiger partial charge in [-0.3, -0.25) is 10.1 Å². The van der Waals surface area contributed by atoms with Gasteiger partial charge in [0.25, 0.3) is 5.91 Å². The maximum atomic E-state index is 12.2. The molecule has 2 aromatic rings. The molecule has 1 amide bonds. The van der Waals surface area contributed by atoms with Gasteiger partial charge in [0.1, 0.15) is 16.5 Å². The lowest BCUT2D eigenvalue weighted by Crippen LogP contribution is -2.15. The Morgan fingerprint density at radius 1 is 1.38 bits per heavy atom. The van der Waals surface area contributed by atoms with E-state index in [1.165, 1.54) is 11.3 Å². The second kappa shape index (κ2) is 6.82. The molecule has 0 radical (unpaired) electrons. The topological polar surface area (TPSA) is 79.8 Å². The molecule has 0 aliphatic heterocycles. The number of pyridine rings is 1. The van der Waals surface area contributed by atoms with Gasteiger partial charge in [-0.1, -0.05) is 36.8 Å². The van der Waals surface area contributed by atoms with Crippen molar-refractivity contribution < 1.29 is 4.79 Å². The van der Waals surface area contributed by atoms with Gasteiger partial charge in [-0.2, -0.15) is 0 Å². The molecule has 0 saturated carbocycles. The molecule has 6 nitrogen and oxygen atoms in total. The molecule has 2 heterocycles. The molecule has 0 aromatic carbocycles. The number of hydrogen-bond acceptors (Lipinski definition) is 6. The van der Waals surface area contributed by atoms with Crippen LogP contribution in [0.15, 0.2) is 12.1 Å². The van der Waals surface area contributed by atoms with Crippen molar-refractivity contribution in [3.05, 3.63) is 27.9 Å². The number of aromatic nitrogens is 3. The van der Waals surface area contributed by atoms with Gasteiger partial charge in [-0.15, -0.1) is 10.2 Å². The number of carbonyl (C=O) groups is 1. The van der Waals surface area contributed by atoms with Gasteiger partial charge < -0.3 is 5.32 Å². The van der Waals surface area contributed by atoms with Crippen LogP contribution in [0.1, 0.15) is 29.3 Å². The maximum absolute atomic E-state index is 12.2. The third-order valence-electron chi connectivity index (χ3n) is 2.59. The summed E-state index contributed by atoms with van der Waals surface area (Å²) in [4.78, 5) is 16.3. The number of rotatable bonds is 5. The molecular weight excluding hydrogens is 310 g/mol. The minimum absolute atomic E-state index is 0.157. The van der Waals surface area contributed by atoms with E-state index in [4.69, 9.17) is 11.6 Å². The van der Waals surface area contributed by atoms with E-state index in [1.807, 2.05) is 0 Å². The predicted octanol–water partition coefficient (Wildman–Crippen LogP) is 3.08. The highest BCUT2D eigenvalue weighted by molar-refractivity contribution is 7.15. The van der Waals surface area contributed by atoms with Crippen LogP contribution in [0, 0.1) is 5.92 Å². The molecule has 21 heavy (non-hydrogen) atoms. The van der Waals surface area contributed by atoms with E-state index in [0.29, 0.717) is 21.9 Å². The Balaban J connectivity index is 2.12. The van der Waals surface area contributed by atoms with Gasteiger partial charge in [-0.25, -0.2) is 4.98 Å². The van der Waals surface area contributed by atoms with Crippen LogP contribution in [0.25, 0.3) is 0 Å². The molecule has 8 heteroatoms. The minimum atomic E-state index is -0.399. The van der Waals surface area contributed by atoms with Gasteiger partial charge in [-0.05, 0) is 18.1 Å². The molecule has 2 rings (SSSR count). The summed E-state index contributed by atoms with van der Waals surface area (Å²) in [5.41, 5.74) is 0.157. The average molecular weight is 326 g/mol. The number of carbonyl (C=O) groups excluding carboxylic acids is 1. The molecule has 0 atom stereocenters. The zero-order chi connectivity index (χ0) is 15.4. The van der Waals surface area contributed by atoms with E-state index in [2.05, 4.69) is 39.7 Å². The Kier molecular flexibility index (Phi) is 5.08. The Morgan fingerprint density at radius 2 is 2.14 bits per heavy atom. The number of nitrogens with one attached hydrogen (secondary N) is 2. The van der Waals surface area contributed by atoms with Crippen molar-refractivity contribution in [3.8, 4) is 0 Å². The van der Waals surface area contributed by atoms with Gasteiger partial charge in [0.15, 0.2) is 0 Å². The highest BCUT2D eigenvalue weighted by Gasteiger charge is 2.15. The summed E-state index contributed by atoms with van der Waals surface area (Å²) in [6.45, 7) is 4.21. The molecule has 0 aliphatic rings. The minimum Gasteiger partial charge on any atom is -0.373 e. The molecule has 112 valence electrons. The van der Waals surface area contributed by atoms with Crippen LogP contribution >= 0.6 is 22.9 Å². The zero-order valence-corrected chi connectivity index (χ0v) is 13.5. The highest BCUT2D eigenvalue weighted by atomic mass is 35.5. The summed E-state index contributed by atoms with van der Waals surface area (Å²) >= 11 is 7.36. The SMILES string of the molecule is CNc1ccc(Cl)c(C(=O)Nc2nnc(CC(C)C)s2)n1. The molecule has 2 N–H and O–H groups in total. The average Bonchev–Trinajstić information content (AvgIpc) is 2.85. The first-order valence-electron chi connectivity index (χ1n) is 6.47. The summed E-state index contributed by atoms with van der Waals surface area (Å²) in [6.07, 6.45) is 0.835. The van der Waals surface area contributed by atoms with Crippen LogP contribution < -0.4 is 10.6 Å². The third kappa shape index (κ3) is 4.12. The lowest BCUT2D eigenvalue weighted by Gasteiger charge is -2.05. The fourth-order valence-electron chi connectivity index (χ4n) is 1.63. The fraction of sp³-hybridized carbons (Fsp3) is 0.385. The first kappa shape index (κ1) is 15.7. The molecule has 0 bridgehead atoms. The molecule has 0 unspecified atom stereocenters. The standard InChI is InChI=1S/C13H16ClN5OS/c1-7(2)6-10-18-19-13(21-10)17-12(20)11-8(14)4-5-9(15-3)16-11/h4-5,7H,6H2,1-3H3,(H,15,16)(H,17,19,20). The molecule has 2 aromatic heterocycles. The van der Waals surface area contributed by atoms with Crippen LogP contribution in [-0.4, -0.2) is 28.1 Å². The van der Waals surface area contributed by atoms with E-state index in [9.17, 15) is 4.79 Å². The van der Waals surface area contributed by atoms with Gasteiger partial charge in [0.05, 0.1) is 5.02 Å². The first-order valence-corrected chi connectivity index (χ1v) is 7.67. The number of hydrogen-bond donors (Lipinski definition) is 2. The molecule has 0 saturated heterocycles. The Labute approximate surface area is 132 Å². The van der Waals surface area contributed by atoms with Crippen molar-refractivity contribution in [1.82, 2.24) is 15.2 Å². The van der Waals surface area contributed by atoms with E-state index < -0.39 is 5.91 Å². The van der Waals surface area contributed by atoms with Crippen molar-refractivity contribution in [1.29, 1.82) is 0 Å². The predicted molar refractivity (Wildman–Crippen MR) is 85.2 cm³/mol. The second-order valence-electron chi connectivity index (χ2n) is 4.83. The van der Waals surface area contributed by atoms with Crippen molar-refractivity contribution >= 4 is 39.8 Å². The highest BCUT2D eigenvalue weighted by Crippen LogP contribution is 2.21. The maximum Gasteiger partial charge on any atom is 0.277 e. The van der Waals surface area contributed by atoms with Crippen molar-refractivity contribution in [2.24, 2.45) is 5.92 Å². The van der Waals surface area contributed by atoms with Gasteiger partial charge in [0.2, 0.25) is 5.13 Å². The van der Waals surface area contributed by atoms with E-state index in [-0.39, 0.29) is 5.69 Å². The fourth-order valence-corrected chi connectivity index (χ4v) is 2.77. The zero-order valence-electron chi connectivity index (χ0n) is 12.0. The van der Waals surface area contributed by atoms with E-state index in [1.54, 1.807) is 19.2 Å². The van der Waals surface area contributed by atoms with Crippen LogP contribution in [-0.2, 0) is 6.42 Å². The van der Waals surface area contributed by atoms with Crippen LogP contribution in [0.4, 0.5) is 10.9 Å². The Hall–Kier alpha value is -1.73. The number of nitrogens with zero attached hydrogens (tertiary/aromatic N) is 3. The summed E-state index contributed by atoms with van der Waals surface area (Å²) in [5, 5.41) is 15.2. The van der Waals surface area contributed by atoms with Gasteiger partial charge >= 0.3 is 0 Å². The number of amides is 1. The van der Waals surface area contributed by atoms with Crippen molar-refractivity contribution in [3.63, 3.8) is 0 Å². The summed E-state index contributed by atoms with van der Waals surface area (Å²) in [6, 6.07) is 3.32. The quantitative estimate of drug-likeness (QED) is 0.883. The summed E-state index contributed by atoms with van der Waals surface area (Å²) < 4.78 is 0. The Morgan fingerprint density at radius 3 is 2.81 bits per heavy atom. The Bertz CT molecular complexity index is 643. The molecular formula is C13H16ClN5OS. The summed E-state index contributed by atoms with van der Waals surface area (Å²) in [7, 11) is 1.72. The molecule has 0 fully saturated rings. The van der Waals surface area contributed by atoms with Crippen LogP contribution in [0.2, 0.25) is 5.02 Å². The molecule has 0 aliphatic carbocycles. The van der Waals surface area contributed by atoms with Crippen molar-refractivity contribution in [2.45, 2.75) is 20.3 Å². The number of anilines is 2. The van der Waals surface area contributed by atoms with Crippen molar-refractivity contribution in [2.75, 3.05) is 17.7 Å². The number of halogens is 1. The first-order chi connectivity index (χ1) is 9.99. The van der Waals surface area contributed by atoms with Crippen LogP contribution in [0.3, 0.4) is 0 Å².